The number of rotatable bonds is 1. The molecule has 4 heteroatoms. The first-order chi connectivity index (χ1) is 7.98. The van der Waals surface area contributed by atoms with Crippen molar-refractivity contribution in [2.75, 3.05) is 5.73 Å². The number of hydrogen-bond acceptors (Lipinski definition) is 4. The number of benzene rings is 1. The minimum Gasteiger partial charge on any atom is -0.382 e. The van der Waals surface area contributed by atoms with Crippen molar-refractivity contribution in [2.45, 2.75) is 26.2 Å². The third kappa shape index (κ3) is 2.41. The largest absolute Gasteiger partial charge is 0.382 e. The quantitative estimate of drug-likeness (QED) is 0.814. The monoisotopic (exact) mass is 228 g/mol. The molecule has 0 saturated heterocycles. The van der Waals surface area contributed by atoms with Crippen LogP contribution in [0.3, 0.4) is 0 Å². The Labute approximate surface area is 101 Å². The summed E-state index contributed by atoms with van der Waals surface area (Å²) in [5, 5.41) is 7.75. The molecule has 0 spiro atoms. The number of nitrogens with two attached hydrogens (primary N) is 1. The third-order valence-electron chi connectivity index (χ3n) is 2.67. The second-order valence-corrected chi connectivity index (χ2v) is 5.02. The average Bonchev–Trinajstić information content (AvgIpc) is 2.29. The van der Waals surface area contributed by atoms with Gasteiger partial charge < -0.3 is 5.73 Å². The van der Waals surface area contributed by atoms with E-state index in [9.17, 15) is 0 Å². The maximum atomic E-state index is 5.76. The lowest BCUT2D eigenvalue weighted by atomic mass is 9.86. The van der Waals surface area contributed by atoms with Crippen LogP contribution in [0.1, 0.15) is 26.3 Å². The van der Waals surface area contributed by atoms with Crippen LogP contribution in [0.5, 0.6) is 0 Å². The Morgan fingerprint density at radius 3 is 2.24 bits per heavy atom. The van der Waals surface area contributed by atoms with Crippen LogP contribution in [0, 0.1) is 0 Å². The summed E-state index contributed by atoms with van der Waals surface area (Å²) in [6, 6.07) is 8.18. The molecule has 0 fully saturated rings. The number of aromatic nitrogens is 3. The molecule has 0 bridgehead atoms. The fraction of sp³-hybridized carbons (Fsp3) is 0.308. The Kier molecular flexibility index (Phi) is 2.79. The normalized spacial score (nSPS) is 11.5. The number of anilines is 1. The van der Waals surface area contributed by atoms with Gasteiger partial charge in [0.2, 0.25) is 0 Å². The van der Waals surface area contributed by atoms with Crippen LogP contribution >= 0.6 is 0 Å². The van der Waals surface area contributed by atoms with Gasteiger partial charge in [-0.3, -0.25) is 0 Å². The van der Waals surface area contributed by atoms with E-state index in [2.05, 4.69) is 48.1 Å². The third-order valence-corrected chi connectivity index (χ3v) is 2.67. The SMILES string of the molecule is CC(C)(C)c1ccc(-c2nncnc2N)cc1. The number of nitrogens with zero attached hydrogens (tertiary/aromatic N) is 3. The van der Waals surface area contributed by atoms with Crippen LogP contribution in [0.25, 0.3) is 11.3 Å². The summed E-state index contributed by atoms with van der Waals surface area (Å²) in [4.78, 5) is 3.93. The van der Waals surface area contributed by atoms with Gasteiger partial charge in [-0.2, -0.15) is 0 Å². The van der Waals surface area contributed by atoms with E-state index in [1.54, 1.807) is 0 Å². The topological polar surface area (TPSA) is 64.7 Å². The molecular weight excluding hydrogens is 212 g/mol. The van der Waals surface area contributed by atoms with Crippen molar-refractivity contribution < 1.29 is 0 Å². The molecule has 17 heavy (non-hydrogen) atoms. The van der Waals surface area contributed by atoms with Crippen molar-refractivity contribution in [2.24, 2.45) is 0 Å². The summed E-state index contributed by atoms with van der Waals surface area (Å²) >= 11 is 0. The molecule has 0 amide bonds. The molecule has 0 unspecified atom stereocenters. The predicted molar refractivity (Wildman–Crippen MR) is 68.4 cm³/mol. The minimum atomic E-state index is 0.144. The molecule has 88 valence electrons. The molecule has 2 aromatic rings. The lowest BCUT2D eigenvalue weighted by molar-refractivity contribution is 0.590. The molecule has 0 atom stereocenters. The zero-order valence-corrected chi connectivity index (χ0v) is 10.3. The minimum absolute atomic E-state index is 0.144. The van der Waals surface area contributed by atoms with Gasteiger partial charge in [-0.05, 0) is 11.0 Å². The molecule has 0 aliphatic carbocycles. The van der Waals surface area contributed by atoms with Gasteiger partial charge in [0, 0.05) is 5.56 Å². The van der Waals surface area contributed by atoms with Gasteiger partial charge in [0.05, 0.1) is 0 Å². The maximum absolute atomic E-state index is 5.76. The Morgan fingerprint density at radius 2 is 1.71 bits per heavy atom. The summed E-state index contributed by atoms with van der Waals surface area (Å²) < 4.78 is 0. The Hall–Kier alpha value is -1.97. The Morgan fingerprint density at radius 1 is 1.06 bits per heavy atom. The summed E-state index contributed by atoms with van der Waals surface area (Å²) in [6.45, 7) is 6.54. The van der Waals surface area contributed by atoms with E-state index in [-0.39, 0.29) is 5.41 Å². The highest BCUT2D eigenvalue weighted by Gasteiger charge is 2.14. The van der Waals surface area contributed by atoms with E-state index < -0.39 is 0 Å². The smallest absolute Gasteiger partial charge is 0.153 e. The molecule has 2 N–H and O–H groups in total. The maximum Gasteiger partial charge on any atom is 0.153 e. The highest BCUT2D eigenvalue weighted by Crippen LogP contribution is 2.26. The van der Waals surface area contributed by atoms with Gasteiger partial charge in [0.15, 0.2) is 5.82 Å². The molecule has 2 rings (SSSR count). The summed E-state index contributed by atoms with van der Waals surface area (Å²) in [5.41, 5.74) is 8.75. The zero-order valence-electron chi connectivity index (χ0n) is 10.3. The second kappa shape index (κ2) is 4.13. The van der Waals surface area contributed by atoms with Crippen LogP contribution in [0.2, 0.25) is 0 Å². The van der Waals surface area contributed by atoms with E-state index in [0.29, 0.717) is 11.5 Å². The summed E-state index contributed by atoms with van der Waals surface area (Å²) in [7, 11) is 0. The van der Waals surface area contributed by atoms with Gasteiger partial charge in [-0.25, -0.2) is 4.98 Å². The van der Waals surface area contributed by atoms with E-state index in [4.69, 9.17) is 5.73 Å². The van der Waals surface area contributed by atoms with Crippen molar-refractivity contribution in [3.63, 3.8) is 0 Å². The first kappa shape index (κ1) is 11.5. The van der Waals surface area contributed by atoms with Crippen LogP contribution in [-0.4, -0.2) is 15.2 Å². The fourth-order valence-electron chi connectivity index (χ4n) is 1.62. The van der Waals surface area contributed by atoms with Crippen molar-refractivity contribution in [3.8, 4) is 11.3 Å². The van der Waals surface area contributed by atoms with Crippen LogP contribution in [-0.2, 0) is 5.41 Å². The molecule has 0 saturated carbocycles. The molecule has 1 heterocycles. The molecule has 0 aliphatic heterocycles. The molecule has 0 radical (unpaired) electrons. The molecule has 4 nitrogen and oxygen atoms in total. The van der Waals surface area contributed by atoms with Gasteiger partial charge >= 0.3 is 0 Å². The van der Waals surface area contributed by atoms with E-state index in [1.807, 2.05) is 12.1 Å². The molecular formula is C13H16N4. The van der Waals surface area contributed by atoms with Crippen molar-refractivity contribution in [3.05, 3.63) is 36.2 Å². The zero-order chi connectivity index (χ0) is 12.5. The molecule has 0 aliphatic rings. The average molecular weight is 228 g/mol. The number of nitrogen functional groups attached to an aromatic ring is 1. The fourth-order valence-corrected chi connectivity index (χ4v) is 1.62. The van der Waals surface area contributed by atoms with E-state index >= 15 is 0 Å². The van der Waals surface area contributed by atoms with E-state index in [0.717, 1.165) is 5.56 Å². The number of hydrogen-bond donors (Lipinski definition) is 1. The van der Waals surface area contributed by atoms with Gasteiger partial charge in [-0.1, -0.05) is 45.0 Å². The van der Waals surface area contributed by atoms with Gasteiger partial charge in [0.25, 0.3) is 0 Å². The standard InChI is InChI=1S/C13H16N4/c1-13(2,3)10-6-4-9(5-7-10)11-12(14)15-8-16-17-11/h4-8H,1-3H3,(H2,14,15,16). The Bertz CT molecular complexity index is 512. The first-order valence-electron chi connectivity index (χ1n) is 5.52. The van der Waals surface area contributed by atoms with Gasteiger partial charge in [-0.15, -0.1) is 10.2 Å². The van der Waals surface area contributed by atoms with E-state index in [1.165, 1.54) is 11.9 Å². The van der Waals surface area contributed by atoms with Crippen molar-refractivity contribution in [1.82, 2.24) is 15.2 Å². The lowest BCUT2D eigenvalue weighted by Crippen LogP contribution is -2.10. The molecule has 1 aromatic heterocycles. The van der Waals surface area contributed by atoms with Crippen LogP contribution < -0.4 is 5.73 Å². The summed E-state index contributed by atoms with van der Waals surface area (Å²) in [6.07, 6.45) is 1.35. The van der Waals surface area contributed by atoms with Gasteiger partial charge in [0.1, 0.15) is 12.0 Å². The van der Waals surface area contributed by atoms with Crippen molar-refractivity contribution >= 4 is 5.82 Å². The highest BCUT2D eigenvalue weighted by molar-refractivity contribution is 5.69. The summed E-state index contributed by atoms with van der Waals surface area (Å²) in [5.74, 6) is 0.406. The second-order valence-electron chi connectivity index (χ2n) is 5.02. The molecule has 1 aromatic carbocycles. The Balaban J connectivity index is 2.40. The van der Waals surface area contributed by atoms with Crippen LogP contribution in [0.4, 0.5) is 5.82 Å². The first-order valence-corrected chi connectivity index (χ1v) is 5.52. The predicted octanol–water partition coefficient (Wildman–Crippen LogP) is 2.42. The lowest BCUT2D eigenvalue weighted by Gasteiger charge is -2.19. The highest BCUT2D eigenvalue weighted by atomic mass is 15.1. The van der Waals surface area contributed by atoms with Crippen LogP contribution in [0.15, 0.2) is 30.6 Å². The van der Waals surface area contributed by atoms with Crippen molar-refractivity contribution in [1.29, 1.82) is 0 Å².